The van der Waals surface area contributed by atoms with Crippen LogP contribution in [0.4, 0.5) is 22.0 Å². The number of carbonyl (C=O) groups excluding carboxylic acids is 2. The summed E-state index contributed by atoms with van der Waals surface area (Å²) < 4.78 is 76.9. The first-order chi connectivity index (χ1) is 20.0. The van der Waals surface area contributed by atoms with E-state index in [0.29, 0.717) is 13.0 Å². The predicted octanol–water partition coefficient (Wildman–Crippen LogP) is 6.88. The van der Waals surface area contributed by atoms with Gasteiger partial charge >= 0.3 is 12.1 Å². The molecule has 1 saturated heterocycles. The largest absolute Gasteiger partial charge is 0.460 e. The lowest BCUT2D eigenvalue weighted by Gasteiger charge is -2.34. The van der Waals surface area contributed by atoms with E-state index in [-0.39, 0.29) is 42.4 Å². The normalized spacial score (nSPS) is 19.7. The molecule has 1 N–H and O–H groups in total. The van der Waals surface area contributed by atoms with Gasteiger partial charge in [0.05, 0.1) is 29.8 Å². The van der Waals surface area contributed by atoms with E-state index < -0.39 is 53.6 Å². The number of piperidine rings is 1. The second kappa shape index (κ2) is 12.9. The molecule has 0 spiro atoms. The van der Waals surface area contributed by atoms with Crippen LogP contribution < -0.4 is 5.32 Å². The molecule has 2 fully saturated rings. The molecule has 0 bridgehead atoms. The van der Waals surface area contributed by atoms with E-state index in [9.17, 15) is 31.5 Å². The van der Waals surface area contributed by atoms with Crippen LogP contribution >= 0.6 is 0 Å². The fourth-order valence-corrected chi connectivity index (χ4v) is 5.89. The molecular formula is C31H41F5N4O3. The molecule has 1 aliphatic carbocycles. The molecule has 7 nitrogen and oxygen atoms in total. The number of amides is 1. The van der Waals surface area contributed by atoms with Crippen LogP contribution in [0, 0.1) is 5.92 Å². The lowest BCUT2D eigenvalue weighted by Crippen LogP contribution is -2.48. The van der Waals surface area contributed by atoms with Crippen molar-refractivity contribution < 1.29 is 36.3 Å². The summed E-state index contributed by atoms with van der Waals surface area (Å²) in [6.45, 7) is 7.05. The number of ether oxygens (including phenoxy) is 1. The number of hydrogen-bond acceptors (Lipinski definition) is 5. The van der Waals surface area contributed by atoms with E-state index >= 15 is 0 Å². The molecule has 2 atom stereocenters. The highest BCUT2D eigenvalue weighted by Crippen LogP contribution is 2.40. The van der Waals surface area contributed by atoms with Gasteiger partial charge in [0.25, 0.3) is 11.8 Å². The predicted molar refractivity (Wildman–Crippen MR) is 152 cm³/mol. The van der Waals surface area contributed by atoms with E-state index in [4.69, 9.17) is 4.74 Å². The van der Waals surface area contributed by atoms with Crippen LogP contribution in [0.25, 0.3) is 11.3 Å². The molecule has 1 aliphatic heterocycles. The smallest absolute Gasteiger partial charge is 0.417 e. The van der Waals surface area contributed by atoms with Gasteiger partial charge in [0, 0.05) is 24.6 Å². The Labute approximate surface area is 249 Å². The Hall–Kier alpha value is -3.02. The first kappa shape index (κ1) is 32.9. The summed E-state index contributed by atoms with van der Waals surface area (Å²) in [5.41, 5.74) is -1.56. The standard InChI is InChI=1S/C31H41F5N4O3/c1-20(28(42)43-29(2,3)4)24(14-17-39-16-9-15-30(32,33)19-39)37-27(41)25-18-26(40(38-25)21-10-5-6-11-21)22-12-7-8-13-23(22)31(34,35)36/h7-8,12-13,18,20-21,24H,5-6,9-11,14-17,19H2,1-4H3,(H,37,41)/t20-,24-/m0/s1. The summed E-state index contributed by atoms with van der Waals surface area (Å²) in [6, 6.07) is 5.61. The number of nitrogens with one attached hydrogen (secondary N) is 1. The average Bonchev–Trinajstić information content (AvgIpc) is 3.59. The highest BCUT2D eigenvalue weighted by Gasteiger charge is 2.38. The minimum atomic E-state index is -4.61. The summed E-state index contributed by atoms with van der Waals surface area (Å²) in [6.07, 6.45) is -1.01. The fourth-order valence-electron chi connectivity index (χ4n) is 5.89. The van der Waals surface area contributed by atoms with E-state index in [0.717, 1.165) is 31.7 Å². The van der Waals surface area contributed by atoms with Gasteiger partial charge in [-0.2, -0.15) is 18.3 Å². The third-order valence-corrected chi connectivity index (χ3v) is 8.07. The minimum absolute atomic E-state index is 0.0712. The van der Waals surface area contributed by atoms with Crippen molar-refractivity contribution in [1.82, 2.24) is 20.0 Å². The fraction of sp³-hybridized carbons (Fsp3) is 0.645. The lowest BCUT2D eigenvalue weighted by molar-refractivity contribution is -0.160. The van der Waals surface area contributed by atoms with Crippen LogP contribution in [-0.4, -0.2) is 63.8 Å². The van der Waals surface area contributed by atoms with Gasteiger partial charge in [-0.1, -0.05) is 31.0 Å². The van der Waals surface area contributed by atoms with Crippen molar-refractivity contribution >= 4 is 11.9 Å². The summed E-state index contributed by atoms with van der Waals surface area (Å²) in [7, 11) is 0. The molecule has 2 heterocycles. The van der Waals surface area contributed by atoms with Gasteiger partial charge in [-0.3, -0.25) is 19.2 Å². The van der Waals surface area contributed by atoms with Gasteiger partial charge in [0.15, 0.2) is 5.69 Å². The van der Waals surface area contributed by atoms with Crippen molar-refractivity contribution in [2.45, 2.75) is 102 Å². The van der Waals surface area contributed by atoms with Gasteiger partial charge in [0.2, 0.25) is 0 Å². The highest BCUT2D eigenvalue weighted by atomic mass is 19.4. The van der Waals surface area contributed by atoms with Gasteiger partial charge in [0.1, 0.15) is 5.60 Å². The van der Waals surface area contributed by atoms with Gasteiger partial charge in [-0.05, 0) is 72.1 Å². The first-order valence-corrected chi connectivity index (χ1v) is 14.9. The van der Waals surface area contributed by atoms with Crippen LogP contribution in [0.3, 0.4) is 0 Å². The zero-order valence-corrected chi connectivity index (χ0v) is 25.1. The molecule has 1 aromatic carbocycles. The maximum Gasteiger partial charge on any atom is 0.417 e. The SMILES string of the molecule is C[C@H](C(=O)OC(C)(C)C)[C@H](CCN1CCCC(F)(F)C1)NC(=O)c1cc(-c2ccccc2C(F)(F)F)n(C2CCCC2)n1. The Balaban J connectivity index is 1.62. The van der Waals surface area contributed by atoms with Crippen molar-refractivity contribution in [3.05, 3.63) is 41.6 Å². The maximum absolute atomic E-state index is 14.0. The Kier molecular flexibility index (Phi) is 9.88. The van der Waals surface area contributed by atoms with Crippen LogP contribution in [0.15, 0.2) is 30.3 Å². The van der Waals surface area contributed by atoms with E-state index in [2.05, 4.69) is 10.4 Å². The number of benzene rings is 1. The second-order valence-corrected chi connectivity index (χ2v) is 12.8. The first-order valence-electron chi connectivity index (χ1n) is 14.9. The highest BCUT2D eigenvalue weighted by molar-refractivity contribution is 5.94. The number of carbonyl (C=O) groups is 2. The van der Waals surface area contributed by atoms with Crippen LogP contribution in [0.5, 0.6) is 0 Å². The van der Waals surface area contributed by atoms with Crippen LogP contribution in [0.2, 0.25) is 0 Å². The average molecular weight is 613 g/mol. The summed E-state index contributed by atoms with van der Waals surface area (Å²) >= 11 is 0. The summed E-state index contributed by atoms with van der Waals surface area (Å²) in [4.78, 5) is 28.2. The molecule has 238 valence electrons. The number of aromatic nitrogens is 2. The second-order valence-electron chi connectivity index (χ2n) is 12.8. The summed E-state index contributed by atoms with van der Waals surface area (Å²) in [5.74, 6) is -4.84. The maximum atomic E-state index is 14.0. The molecule has 12 heteroatoms. The lowest BCUT2D eigenvalue weighted by atomic mass is 9.97. The number of hydrogen-bond donors (Lipinski definition) is 1. The number of esters is 1. The van der Waals surface area contributed by atoms with Crippen molar-refractivity contribution in [1.29, 1.82) is 0 Å². The molecule has 0 unspecified atom stereocenters. The van der Waals surface area contributed by atoms with Crippen molar-refractivity contribution in [3.8, 4) is 11.3 Å². The number of halogens is 5. The van der Waals surface area contributed by atoms with Crippen molar-refractivity contribution in [2.24, 2.45) is 5.92 Å². The Morgan fingerprint density at radius 2 is 1.79 bits per heavy atom. The molecule has 1 amide bonds. The molecule has 2 aliphatic rings. The Morgan fingerprint density at radius 3 is 2.42 bits per heavy atom. The zero-order chi connectivity index (χ0) is 31.6. The number of nitrogens with zero attached hydrogens (tertiary/aromatic N) is 3. The third-order valence-electron chi connectivity index (χ3n) is 8.07. The van der Waals surface area contributed by atoms with E-state index in [1.807, 2.05) is 0 Å². The molecule has 1 saturated carbocycles. The van der Waals surface area contributed by atoms with Gasteiger partial charge in [-0.25, -0.2) is 8.78 Å². The van der Waals surface area contributed by atoms with Crippen molar-refractivity contribution in [2.75, 3.05) is 19.6 Å². The molecular weight excluding hydrogens is 571 g/mol. The molecule has 1 aromatic heterocycles. The van der Waals surface area contributed by atoms with E-state index in [1.54, 1.807) is 32.6 Å². The van der Waals surface area contributed by atoms with Crippen LogP contribution in [-0.2, 0) is 15.7 Å². The zero-order valence-electron chi connectivity index (χ0n) is 25.1. The number of rotatable bonds is 9. The molecule has 4 rings (SSSR count). The monoisotopic (exact) mass is 612 g/mol. The number of likely N-dealkylation sites (tertiary alicyclic amines) is 1. The van der Waals surface area contributed by atoms with Gasteiger partial charge < -0.3 is 10.1 Å². The van der Waals surface area contributed by atoms with Crippen molar-refractivity contribution in [3.63, 3.8) is 0 Å². The molecule has 2 aromatic rings. The number of alkyl halides is 5. The molecule has 0 radical (unpaired) electrons. The Bertz CT molecular complexity index is 1280. The summed E-state index contributed by atoms with van der Waals surface area (Å²) in [5, 5.41) is 7.32. The van der Waals surface area contributed by atoms with Crippen LogP contribution in [0.1, 0.15) is 94.7 Å². The molecule has 43 heavy (non-hydrogen) atoms. The third kappa shape index (κ3) is 8.55. The topological polar surface area (TPSA) is 76.5 Å². The minimum Gasteiger partial charge on any atom is -0.460 e. The quantitative estimate of drug-likeness (QED) is 0.247. The van der Waals surface area contributed by atoms with E-state index in [1.165, 1.54) is 28.9 Å². The Morgan fingerprint density at radius 1 is 1.12 bits per heavy atom. The van der Waals surface area contributed by atoms with Gasteiger partial charge in [-0.15, -0.1) is 0 Å².